The molecule has 0 bridgehead atoms. The Labute approximate surface area is 103 Å². The number of hydrogen-bond donors (Lipinski definition) is 0. The van der Waals surface area contributed by atoms with E-state index in [1.165, 1.54) is 11.1 Å². The fourth-order valence-corrected chi connectivity index (χ4v) is 1.71. The zero-order valence-electron chi connectivity index (χ0n) is 9.92. The molecular formula is C16H17N. The normalized spacial score (nSPS) is 10.8. The molecule has 2 aromatic carbocycles. The predicted octanol–water partition coefficient (Wildman–Crippen LogP) is 3.54. The molecule has 0 aliphatic rings. The first-order valence-electron chi connectivity index (χ1n) is 6.01. The molecule has 0 N–H and O–H groups in total. The second-order valence-electron chi connectivity index (χ2n) is 4.01. The van der Waals surface area contributed by atoms with E-state index in [2.05, 4.69) is 53.5 Å². The van der Waals surface area contributed by atoms with Gasteiger partial charge in [0, 0.05) is 19.2 Å². The highest BCUT2D eigenvalue weighted by Gasteiger charge is 1.89. The van der Waals surface area contributed by atoms with Crippen molar-refractivity contribution in [3.05, 3.63) is 71.8 Å². The van der Waals surface area contributed by atoms with Gasteiger partial charge in [0.15, 0.2) is 0 Å². The van der Waals surface area contributed by atoms with Gasteiger partial charge in [0.25, 0.3) is 0 Å². The summed E-state index contributed by atoms with van der Waals surface area (Å²) in [5, 5.41) is 0. The van der Waals surface area contributed by atoms with Crippen LogP contribution in [0.25, 0.3) is 0 Å². The fourth-order valence-electron chi connectivity index (χ4n) is 1.71. The van der Waals surface area contributed by atoms with E-state index in [-0.39, 0.29) is 0 Å². The summed E-state index contributed by atoms with van der Waals surface area (Å²) >= 11 is 0. The summed E-state index contributed by atoms with van der Waals surface area (Å²) in [7, 11) is 0. The van der Waals surface area contributed by atoms with Crippen molar-refractivity contribution < 1.29 is 0 Å². The number of rotatable bonds is 5. The molecule has 1 nitrogen and oxygen atoms in total. The molecule has 0 aliphatic heterocycles. The summed E-state index contributed by atoms with van der Waals surface area (Å²) in [6, 6.07) is 20.9. The van der Waals surface area contributed by atoms with E-state index in [1.807, 2.05) is 18.3 Å². The molecule has 0 amide bonds. The molecule has 0 aromatic heterocycles. The SMILES string of the molecule is C(Cc1ccccc1)=NCCc1ccccc1. The molecule has 0 fully saturated rings. The first-order valence-corrected chi connectivity index (χ1v) is 6.01. The van der Waals surface area contributed by atoms with E-state index in [0.717, 1.165) is 19.4 Å². The second kappa shape index (κ2) is 6.64. The van der Waals surface area contributed by atoms with Gasteiger partial charge < -0.3 is 0 Å². The average Bonchev–Trinajstić information content (AvgIpc) is 2.41. The Morgan fingerprint density at radius 1 is 0.765 bits per heavy atom. The zero-order valence-corrected chi connectivity index (χ0v) is 9.92. The Morgan fingerprint density at radius 2 is 1.35 bits per heavy atom. The Hall–Kier alpha value is -1.89. The Morgan fingerprint density at radius 3 is 2.00 bits per heavy atom. The summed E-state index contributed by atoms with van der Waals surface area (Å²) in [6.07, 6.45) is 3.96. The van der Waals surface area contributed by atoms with Crippen LogP contribution in [0.4, 0.5) is 0 Å². The lowest BCUT2D eigenvalue weighted by Crippen LogP contribution is -1.91. The van der Waals surface area contributed by atoms with Crippen molar-refractivity contribution in [2.75, 3.05) is 6.54 Å². The van der Waals surface area contributed by atoms with Crippen LogP contribution < -0.4 is 0 Å². The van der Waals surface area contributed by atoms with Crippen LogP contribution >= 0.6 is 0 Å². The highest BCUT2D eigenvalue weighted by Crippen LogP contribution is 2.00. The van der Waals surface area contributed by atoms with E-state index in [9.17, 15) is 0 Å². The van der Waals surface area contributed by atoms with Crippen LogP contribution in [0, 0.1) is 0 Å². The predicted molar refractivity (Wildman–Crippen MR) is 73.7 cm³/mol. The lowest BCUT2D eigenvalue weighted by molar-refractivity contribution is 0.969. The molecule has 0 spiro atoms. The molecule has 0 saturated carbocycles. The molecule has 17 heavy (non-hydrogen) atoms. The third-order valence-corrected chi connectivity index (χ3v) is 2.67. The molecule has 0 heterocycles. The molecule has 0 unspecified atom stereocenters. The minimum atomic E-state index is 0.872. The van der Waals surface area contributed by atoms with Crippen LogP contribution in [0.2, 0.25) is 0 Å². The molecule has 0 atom stereocenters. The molecule has 2 aromatic rings. The van der Waals surface area contributed by atoms with Crippen molar-refractivity contribution >= 4 is 6.21 Å². The van der Waals surface area contributed by atoms with Crippen LogP contribution in [-0.2, 0) is 12.8 Å². The number of nitrogens with zero attached hydrogens (tertiary/aromatic N) is 1. The largest absolute Gasteiger partial charge is 0.297 e. The smallest absolute Gasteiger partial charge is 0.0425 e. The van der Waals surface area contributed by atoms with Gasteiger partial charge in [0.1, 0.15) is 0 Å². The second-order valence-corrected chi connectivity index (χ2v) is 4.01. The minimum absolute atomic E-state index is 0.872. The lowest BCUT2D eigenvalue weighted by Gasteiger charge is -1.97. The van der Waals surface area contributed by atoms with Crippen molar-refractivity contribution in [3.8, 4) is 0 Å². The number of aliphatic imine (C=N–C) groups is 1. The molecule has 0 radical (unpaired) electrons. The fraction of sp³-hybridized carbons (Fsp3) is 0.188. The molecule has 1 heteroatoms. The van der Waals surface area contributed by atoms with Gasteiger partial charge in [-0.1, -0.05) is 60.7 Å². The highest BCUT2D eigenvalue weighted by atomic mass is 14.7. The van der Waals surface area contributed by atoms with E-state index in [0.29, 0.717) is 0 Å². The van der Waals surface area contributed by atoms with Crippen LogP contribution in [0.3, 0.4) is 0 Å². The molecule has 0 saturated heterocycles. The topological polar surface area (TPSA) is 12.4 Å². The minimum Gasteiger partial charge on any atom is -0.297 e. The van der Waals surface area contributed by atoms with E-state index < -0.39 is 0 Å². The van der Waals surface area contributed by atoms with E-state index in [4.69, 9.17) is 0 Å². The first-order chi connectivity index (χ1) is 8.45. The third kappa shape index (κ3) is 4.23. The van der Waals surface area contributed by atoms with Gasteiger partial charge in [-0.15, -0.1) is 0 Å². The van der Waals surface area contributed by atoms with Crippen molar-refractivity contribution in [1.82, 2.24) is 0 Å². The Bertz CT molecular complexity index is 445. The summed E-state index contributed by atoms with van der Waals surface area (Å²) in [5.41, 5.74) is 2.67. The summed E-state index contributed by atoms with van der Waals surface area (Å²) in [5.74, 6) is 0. The average molecular weight is 223 g/mol. The van der Waals surface area contributed by atoms with Gasteiger partial charge >= 0.3 is 0 Å². The standard InChI is InChI=1S/C16H17N/c1-3-7-15(8-4-1)11-13-17-14-12-16-9-5-2-6-10-16/h1-10,13H,11-12,14H2. The van der Waals surface area contributed by atoms with Crippen LogP contribution in [0.1, 0.15) is 11.1 Å². The van der Waals surface area contributed by atoms with E-state index >= 15 is 0 Å². The maximum Gasteiger partial charge on any atom is 0.0425 e. The van der Waals surface area contributed by atoms with Gasteiger partial charge in [-0.25, -0.2) is 0 Å². The van der Waals surface area contributed by atoms with Gasteiger partial charge in [-0.05, 0) is 17.5 Å². The van der Waals surface area contributed by atoms with Gasteiger partial charge in [-0.3, -0.25) is 4.99 Å². The molecule has 2 rings (SSSR count). The van der Waals surface area contributed by atoms with Crippen molar-refractivity contribution in [1.29, 1.82) is 0 Å². The van der Waals surface area contributed by atoms with Crippen LogP contribution in [0.5, 0.6) is 0 Å². The Balaban J connectivity index is 1.72. The van der Waals surface area contributed by atoms with Crippen molar-refractivity contribution in [3.63, 3.8) is 0 Å². The lowest BCUT2D eigenvalue weighted by atomic mass is 10.1. The quantitative estimate of drug-likeness (QED) is 0.687. The molecule has 0 aliphatic carbocycles. The molecule has 86 valence electrons. The van der Waals surface area contributed by atoms with Crippen LogP contribution in [0.15, 0.2) is 65.7 Å². The zero-order chi connectivity index (χ0) is 11.8. The van der Waals surface area contributed by atoms with Crippen molar-refractivity contribution in [2.24, 2.45) is 4.99 Å². The summed E-state index contributed by atoms with van der Waals surface area (Å²) in [6.45, 7) is 0.872. The van der Waals surface area contributed by atoms with E-state index in [1.54, 1.807) is 0 Å². The first kappa shape index (κ1) is 11.6. The maximum atomic E-state index is 4.44. The summed E-state index contributed by atoms with van der Waals surface area (Å²) < 4.78 is 0. The third-order valence-electron chi connectivity index (χ3n) is 2.67. The van der Waals surface area contributed by atoms with Gasteiger partial charge in [0.2, 0.25) is 0 Å². The summed E-state index contributed by atoms with van der Waals surface area (Å²) in [4.78, 5) is 4.44. The molecular weight excluding hydrogens is 206 g/mol. The monoisotopic (exact) mass is 223 g/mol. The van der Waals surface area contributed by atoms with Gasteiger partial charge in [0.05, 0.1) is 0 Å². The van der Waals surface area contributed by atoms with Crippen LogP contribution in [-0.4, -0.2) is 12.8 Å². The number of benzene rings is 2. The van der Waals surface area contributed by atoms with Gasteiger partial charge in [-0.2, -0.15) is 0 Å². The Kier molecular flexibility index (Phi) is 4.53. The maximum absolute atomic E-state index is 4.44. The highest BCUT2D eigenvalue weighted by molar-refractivity contribution is 5.61. The van der Waals surface area contributed by atoms with Crippen molar-refractivity contribution in [2.45, 2.75) is 12.8 Å². The number of hydrogen-bond acceptors (Lipinski definition) is 1.